The molecule has 0 saturated carbocycles. The maximum Gasteiger partial charge on any atom is 0.350 e. The molecule has 0 spiro atoms. The van der Waals surface area contributed by atoms with Crippen molar-refractivity contribution in [3.8, 4) is 0 Å². The average molecular weight is 523 g/mol. The van der Waals surface area contributed by atoms with Crippen molar-refractivity contribution in [1.29, 1.82) is 0 Å². The van der Waals surface area contributed by atoms with E-state index in [0.29, 0.717) is 61.0 Å². The number of esters is 1. The quantitative estimate of drug-likeness (QED) is 0.464. The first-order valence-corrected chi connectivity index (χ1v) is 13.2. The summed E-state index contributed by atoms with van der Waals surface area (Å²) in [6.45, 7) is 9.72. The van der Waals surface area contributed by atoms with Crippen LogP contribution in [0.2, 0.25) is 0 Å². The molecule has 5 rings (SSSR count). The molecule has 1 N–H and O–H groups in total. The topological polar surface area (TPSA) is 117 Å². The maximum atomic E-state index is 12.3. The van der Waals surface area contributed by atoms with Gasteiger partial charge in [-0.2, -0.15) is 9.97 Å². The van der Waals surface area contributed by atoms with E-state index in [0.717, 1.165) is 35.7 Å². The van der Waals surface area contributed by atoms with Crippen LogP contribution in [-0.2, 0) is 22.5 Å². The van der Waals surface area contributed by atoms with Crippen LogP contribution in [0, 0.1) is 6.92 Å². The van der Waals surface area contributed by atoms with Crippen molar-refractivity contribution in [2.24, 2.45) is 0 Å². The molecule has 11 nitrogen and oxygen atoms in total. The van der Waals surface area contributed by atoms with Crippen LogP contribution < -0.4 is 15.1 Å². The van der Waals surface area contributed by atoms with Crippen molar-refractivity contribution in [1.82, 2.24) is 24.8 Å². The zero-order valence-electron chi connectivity index (χ0n) is 21.2. The van der Waals surface area contributed by atoms with Gasteiger partial charge in [-0.25, -0.2) is 9.78 Å². The molecule has 0 unspecified atom stereocenters. The molecule has 1 saturated heterocycles. The van der Waals surface area contributed by atoms with Gasteiger partial charge in [-0.15, -0.1) is 0 Å². The van der Waals surface area contributed by atoms with Crippen molar-refractivity contribution in [3.05, 3.63) is 46.2 Å². The van der Waals surface area contributed by atoms with E-state index in [1.807, 2.05) is 17.2 Å². The Bertz CT molecular complexity index is 1290. The van der Waals surface area contributed by atoms with Crippen molar-refractivity contribution < 1.29 is 14.3 Å². The van der Waals surface area contributed by atoms with Gasteiger partial charge in [0.1, 0.15) is 16.5 Å². The van der Waals surface area contributed by atoms with Gasteiger partial charge in [-0.1, -0.05) is 17.4 Å². The summed E-state index contributed by atoms with van der Waals surface area (Å²) in [5.41, 5.74) is 2.81. The Morgan fingerprint density at radius 2 is 1.89 bits per heavy atom. The van der Waals surface area contributed by atoms with Crippen LogP contribution in [0.25, 0.3) is 0 Å². The monoisotopic (exact) mass is 522 g/mol. The number of hydrogen-bond acceptors (Lipinski definition) is 11. The van der Waals surface area contributed by atoms with Crippen LogP contribution in [-0.4, -0.2) is 76.0 Å². The lowest BCUT2D eigenvalue weighted by Crippen LogP contribution is -2.48. The molecule has 3 aromatic rings. The lowest BCUT2D eigenvalue weighted by molar-refractivity contribution is -0.129. The largest absolute Gasteiger partial charge is 0.462 e. The molecule has 37 heavy (non-hydrogen) atoms. The van der Waals surface area contributed by atoms with Crippen molar-refractivity contribution >= 4 is 45.9 Å². The van der Waals surface area contributed by atoms with E-state index in [1.54, 1.807) is 27.0 Å². The number of amides is 1. The normalized spacial score (nSPS) is 15.1. The number of hydrogen-bond donors (Lipinski definition) is 1. The molecule has 0 radical (unpaired) electrons. The summed E-state index contributed by atoms with van der Waals surface area (Å²) in [5.74, 6) is 1.89. The zero-order chi connectivity index (χ0) is 25.9. The molecule has 194 valence electrons. The minimum atomic E-state index is -0.382. The third-order valence-electron chi connectivity index (χ3n) is 6.49. The minimum Gasteiger partial charge on any atom is -0.462 e. The van der Waals surface area contributed by atoms with Crippen LogP contribution in [0.1, 0.15) is 40.3 Å². The first-order valence-electron chi connectivity index (χ1n) is 12.4. The molecule has 0 bridgehead atoms. The number of carbonyl (C=O) groups excluding carboxylic acids is 2. The molecular weight excluding hydrogens is 492 g/mol. The van der Waals surface area contributed by atoms with Gasteiger partial charge in [0.2, 0.25) is 11.9 Å². The molecule has 12 heteroatoms. The van der Waals surface area contributed by atoms with E-state index >= 15 is 0 Å². The van der Waals surface area contributed by atoms with Gasteiger partial charge in [0.15, 0.2) is 5.13 Å². The fourth-order valence-electron chi connectivity index (χ4n) is 4.65. The smallest absolute Gasteiger partial charge is 0.350 e. The fourth-order valence-corrected chi connectivity index (χ4v) is 5.50. The highest BCUT2D eigenvalue weighted by molar-refractivity contribution is 7.17. The highest BCUT2D eigenvalue weighted by Gasteiger charge is 2.30. The number of piperazine rings is 1. The Morgan fingerprint density at radius 3 is 2.59 bits per heavy atom. The van der Waals surface area contributed by atoms with Crippen LogP contribution in [0.15, 0.2) is 24.5 Å². The molecular formula is C25H30N8O3S. The highest BCUT2D eigenvalue weighted by atomic mass is 32.1. The van der Waals surface area contributed by atoms with Gasteiger partial charge in [0, 0.05) is 64.1 Å². The van der Waals surface area contributed by atoms with Gasteiger partial charge < -0.3 is 19.4 Å². The Balaban J connectivity index is 1.46. The second-order valence-electron chi connectivity index (χ2n) is 8.98. The molecule has 3 aromatic heterocycles. The maximum absolute atomic E-state index is 12.3. The second kappa shape index (κ2) is 10.7. The van der Waals surface area contributed by atoms with E-state index in [-0.39, 0.29) is 11.9 Å². The number of carbonyl (C=O) groups is 2. The molecule has 0 aliphatic carbocycles. The van der Waals surface area contributed by atoms with Gasteiger partial charge in [0.25, 0.3) is 0 Å². The summed E-state index contributed by atoms with van der Waals surface area (Å²) in [6, 6.07) is 3.99. The van der Waals surface area contributed by atoms with Gasteiger partial charge >= 0.3 is 5.97 Å². The minimum absolute atomic E-state index is 0.0918. The predicted molar refractivity (Wildman–Crippen MR) is 142 cm³/mol. The summed E-state index contributed by atoms with van der Waals surface area (Å²) in [6.07, 6.45) is 4.47. The predicted octanol–water partition coefficient (Wildman–Crippen LogP) is 2.79. The summed E-state index contributed by atoms with van der Waals surface area (Å²) < 4.78 is 5.15. The van der Waals surface area contributed by atoms with E-state index < -0.39 is 0 Å². The number of rotatable bonds is 7. The Kier molecular flexibility index (Phi) is 7.17. The number of pyridine rings is 1. The molecule has 2 aliphatic rings. The third-order valence-corrected chi connectivity index (χ3v) is 7.54. The molecule has 5 heterocycles. The molecule has 2 aliphatic heterocycles. The lowest BCUT2D eigenvalue weighted by Gasteiger charge is -2.35. The number of thiazole rings is 1. The number of ether oxygens (including phenoxy) is 1. The first-order chi connectivity index (χ1) is 17.9. The number of aromatic nitrogens is 4. The number of fused-ring (bicyclic) bond motifs is 1. The van der Waals surface area contributed by atoms with Crippen molar-refractivity contribution in [2.75, 3.05) is 54.4 Å². The average Bonchev–Trinajstić information content (AvgIpc) is 3.47. The van der Waals surface area contributed by atoms with Gasteiger partial charge in [-0.3, -0.25) is 15.1 Å². The molecule has 0 atom stereocenters. The summed E-state index contributed by atoms with van der Waals surface area (Å²) in [4.78, 5) is 49.5. The van der Waals surface area contributed by atoms with E-state index in [1.165, 1.54) is 11.3 Å². The summed E-state index contributed by atoms with van der Waals surface area (Å²) in [5, 5.41) is 3.76. The Hall–Kier alpha value is -3.80. The number of anilines is 4. The van der Waals surface area contributed by atoms with Gasteiger partial charge in [-0.05, 0) is 31.9 Å². The zero-order valence-corrected chi connectivity index (χ0v) is 22.0. The molecule has 0 aromatic carbocycles. The molecule has 1 fully saturated rings. The SMILES string of the molecule is CCOC(=O)c1sc(Nc2nc(N3CCN(C(C)=O)CC3)c3c(n2)N(Cc2cccnc2)CC3)nc1C. The summed E-state index contributed by atoms with van der Waals surface area (Å²) >= 11 is 1.23. The van der Waals surface area contributed by atoms with Crippen molar-refractivity contribution in [3.63, 3.8) is 0 Å². The van der Waals surface area contributed by atoms with Crippen molar-refractivity contribution in [2.45, 2.75) is 33.7 Å². The lowest BCUT2D eigenvalue weighted by atomic mass is 10.2. The van der Waals surface area contributed by atoms with Gasteiger partial charge in [0.05, 0.1) is 12.3 Å². The third kappa shape index (κ3) is 5.33. The standard InChI is InChI=1S/C25H30N8O3S/c1-4-36-23(35)20-16(2)27-25(37-20)30-24-28-21(32-12-10-31(11-13-32)17(3)34)19-7-9-33(22(19)29-24)15-18-6-5-8-26-14-18/h5-6,8,14H,4,7,9-13,15H2,1-3H3,(H,27,28,29,30). The Morgan fingerprint density at radius 1 is 1.11 bits per heavy atom. The second-order valence-corrected chi connectivity index (χ2v) is 9.98. The first kappa shape index (κ1) is 24.9. The van der Waals surface area contributed by atoms with Crippen LogP contribution in [0.4, 0.5) is 22.7 Å². The van der Waals surface area contributed by atoms with E-state index in [2.05, 4.69) is 31.2 Å². The number of aryl methyl sites for hydroxylation is 1. The van der Waals surface area contributed by atoms with Crippen LogP contribution >= 0.6 is 11.3 Å². The number of nitrogens with zero attached hydrogens (tertiary/aromatic N) is 7. The van der Waals surface area contributed by atoms with E-state index in [9.17, 15) is 9.59 Å². The van der Waals surface area contributed by atoms with Crippen LogP contribution in [0.5, 0.6) is 0 Å². The Labute approximate surface area is 219 Å². The van der Waals surface area contributed by atoms with Crippen LogP contribution in [0.3, 0.4) is 0 Å². The van der Waals surface area contributed by atoms with E-state index in [4.69, 9.17) is 14.7 Å². The molecule has 1 amide bonds. The number of nitrogens with one attached hydrogen (secondary N) is 1. The summed E-state index contributed by atoms with van der Waals surface area (Å²) in [7, 11) is 0. The highest BCUT2D eigenvalue weighted by Crippen LogP contribution is 2.36. The fraction of sp³-hybridized carbons (Fsp3) is 0.440.